The molecule has 1 aromatic rings. The predicted molar refractivity (Wildman–Crippen MR) is 102 cm³/mol. The topological polar surface area (TPSA) is 26.8 Å². The lowest BCUT2D eigenvalue weighted by molar-refractivity contribution is -0.137. The van der Waals surface area contributed by atoms with E-state index < -0.39 is 0 Å². The first-order valence-electron chi connectivity index (χ1n) is 9.81. The Labute approximate surface area is 152 Å². The first-order chi connectivity index (χ1) is 12.0. The van der Waals surface area contributed by atoms with Crippen molar-refractivity contribution in [1.29, 1.82) is 0 Å². The zero-order valence-corrected chi connectivity index (χ0v) is 16.1. The van der Waals surface area contributed by atoms with Crippen LogP contribution >= 0.6 is 0 Å². The van der Waals surface area contributed by atoms with Gasteiger partial charge in [-0.3, -0.25) is 9.69 Å². The van der Waals surface area contributed by atoms with E-state index in [4.69, 9.17) is 0 Å². The van der Waals surface area contributed by atoms with E-state index in [-0.39, 0.29) is 5.92 Å². The van der Waals surface area contributed by atoms with Gasteiger partial charge in [-0.15, -0.1) is 0 Å². The van der Waals surface area contributed by atoms with Gasteiger partial charge in [-0.05, 0) is 36.9 Å². The molecule has 0 aromatic heterocycles. The van der Waals surface area contributed by atoms with Crippen LogP contribution in [0.1, 0.15) is 31.4 Å². The van der Waals surface area contributed by atoms with E-state index in [9.17, 15) is 4.79 Å². The van der Waals surface area contributed by atoms with Gasteiger partial charge in [0.1, 0.15) is 0 Å². The number of benzene rings is 1. The van der Waals surface area contributed by atoms with E-state index in [0.717, 1.165) is 58.8 Å². The summed E-state index contributed by atoms with van der Waals surface area (Å²) < 4.78 is 0. The van der Waals surface area contributed by atoms with E-state index >= 15 is 0 Å². The molecular weight excluding hydrogens is 310 g/mol. The molecule has 0 spiro atoms. The van der Waals surface area contributed by atoms with Crippen LogP contribution < -0.4 is 0 Å². The van der Waals surface area contributed by atoms with Crippen molar-refractivity contribution in [1.82, 2.24) is 14.7 Å². The Kier molecular flexibility index (Phi) is 6.13. The normalized spacial score (nSPS) is 22.7. The minimum absolute atomic E-state index is 0.224. The Balaban J connectivity index is 1.46. The predicted octanol–water partition coefficient (Wildman–Crippen LogP) is 2.62. The highest BCUT2D eigenvalue weighted by atomic mass is 16.2. The largest absolute Gasteiger partial charge is 0.340 e. The maximum absolute atomic E-state index is 12.8. The number of piperazine rings is 1. The number of likely N-dealkylation sites (tertiary alicyclic amines) is 1. The minimum Gasteiger partial charge on any atom is -0.340 e. The lowest BCUT2D eigenvalue weighted by Crippen LogP contribution is -2.50. The van der Waals surface area contributed by atoms with Crippen LogP contribution in [0.4, 0.5) is 0 Å². The molecule has 0 N–H and O–H groups in total. The molecule has 3 rings (SSSR count). The third-order valence-corrected chi connectivity index (χ3v) is 5.58. The Bertz CT molecular complexity index is 578. The third-order valence-electron chi connectivity index (χ3n) is 5.58. The van der Waals surface area contributed by atoms with Crippen molar-refractivity contribution in [3.8, 4) is 0 Å². The summed E-state index contributed by atoms with van der Waals surface area (Å²) >= 11 is 0. The van der Waals surface area contributed by atoms with Crippen molar-refractivity contribution >= 4 is 5.91 Å². The summed E-state index contributed by atoms with van der Waals surface area (Å²) in [5, 5.41) is 0. The fourth-order valence-electron chi connectivity index (χ4n) is 4.13. The van der Waals surface area contributed by atoms with Crippen molar-refractivity contribution < 1.29 is 4.79 Å². The van der Waals surface area contributed by atoms with Crippen LogP contribution in [0.15, 0.2) is 24.3 Å². The molecule has 1 aromatic carbocycles. The maximum Gasteiger partial charge on any atom is 0.227 e. The van der Waals surface area contributed by atoms with E-state index in [1.54, 1.807) is 0 Å². The lowest BCUT2D eigenvalue weighted by atomic mass is 10.1. The fraction of sp³-hybridized carbons (Fsp3) is 0.667. The second-order valence-electron chi connectivity index (χ2n) is 8.17. The van der Waals surface area contributed by atoms with Crippen molar-refractivity contribution in [3.63, 3.8) is 0 Å². The van der Waals surface area contributed by atoms with Gasteiger partial charge in [0.05, 0.1) is 5.92 Å². The summed E-state index contributed by atoms with van der Waals surface area (Å²) in [5.74, 6) is 1.29. The summed E-state index contributed by atoms with van der Waals surface area (Å²) in [6.45, 7) is 14.6. The van der Waals surface area contributed by atoms with Gasteiger partial charge in [0.2, 0.25) is 5.91 Å². The molecule has 2 aliphatic heterocycles. The maximum atomic E-state index is 12.8. The summed E-state index contributed by atoms with van der Waals surface area (Å²) in [4.78, 5) is 19.9. The van der Waals surface area contributed by atoms with Crippen LogP contribution in [0.5, 0.6) is 0 Å². The molecule has 25 heavy (non-hydrogen) atoms. The van der Waals surface area contributed by atoms with Gasteiger partial charge in [-0.2, -0.15) is 0 Å². The molecule has 1 amide bonds. The van der Waals surface area contributed by atoms with E-state index in [1.165, 1.54) is 11.1 Å². The van der Waals surface area contributed by atoms with Crippen LogP contribution in [-0.2, 0) is 11.3 Å². The quantitative estimate of drug-likeness (QED) is 0.822. The fourth-order valence-corrected chi connectivity index (χ4v) is 4.13. The van der Waals surface area contributed by atoms with Gasteiger partial charge in [0.15, 0.2) is 0 Å². The Morgan fingerprint density at radius 2 is 1.80 bits per heavy atom. The molecule has 2 heterocycles. The van der Waals surface area contributed by atoms with Crippen molar-refractivity contribution in [2.24, 2.45) is 11.8 Å². The van der Waals surface area contributed by atoms with Crippen molar-refractivity contribution in [3.05, 3.63) is 35.4 Å². The average molecular weight is 344 g/mol. The zero-order valence-electron chi connectivity index (χ0n) is 16.1. The van der Waals surface area contributed by atoms with Gasteiger partial charge >= 0.3 is 0 Å². The van der Waals surface area contributed by atoms with Gasteiger partial charge in [-0.25, -0.2) is 0 Å². The molecule has 0 bridgehead atoms. The number of amides is 1. The molecule has 0 aliphatic carbocycles. The number of carbonyl (C=O) groups excluding carboxylic acids is 1. The first-order valence-corrected chi connectivity index (χ1v) is 9.81. The average Bonchev–Trinajstić information content (AvgIpc) is 3.05. The molecular formula is C21H33N3O. The number of rotatable bonds is 5. The lowest BCUT2D eigenvalue weighted by Gasteiger charge is -2.36. The van der Waals surface area contributed by atoms with Crippen LogP contribution in [-0.4, -0.2) is 66.4 Å². The van der Waals surface area contributed by atoms with Gasteiger partial charge in [-0.1, -0.05) is 38.1 Å². The molecule has 2 aliphatic rings. The molecule has 4 heteroatoms. The summed E-state index contributed by atoms with van der Waals surface area (Å²) in [7, 11) is 0. The van der Waals surface area contributed by atoms with E-state index in [1.807, 2.05) is 0 Å². The number of carbonyl (C=O) groups is 1. The Hall–Kier alpha value is -1.39. The number of hydrogen-bond donors (Lipinski definition) is 0. The molecule has 0 unspecified atom stereocenters. The highest BCUT2D eigenvalue weighted by Gasteiger charge is 2.32. The molecule has 2 saturated heterocycles. The van der Waals surface area contributed by atoms with Gasteiger partial charge in [0.25, 0.3) is 0 Å². The van der Waals surface area contributed by atoms with Crippen molar-refractivity contribution in [2.45, 2.75) is 33.7 Å². The smallest absolute Gasteiger partial charge is 0.227 e. The molecule has 0 radical (unpaired) electrons. The monoisotopic (exact) mass is 343 g/mol. The number of hydrogen-bond acceptors (Lipinski definition) is 3. The van der Waals surface area contributed by atoms with Crippen LogP contribution in [0.2, 0.25) is 0 Å². The SMILES string of the molecule is Cc1ccccc1CN1CCN(C(=O)[C@H]2CCN(CC(C)C)C2)CC1. The van der Waals surface area contributed by atoms with E-state index in [2.05, 4.69) is 59.7 Å². The molecule has 0 saturated carbocycles. The molecule has 2 fully saturated rings. The van der Waals surface area contributed by atoms with Crippen LogP contribution in [0.3, 0.4) is 0 Å². The zero-order chi connectivity index (χ0) is 17.8. The number of nitrogens with zero attached hydrogens (tertiary/aromatic N) is 3. The minimum atomic E-state index is 0.224. The highest BCUT2D eigenvalue weighted by Crippen LogP contribution is 2.21. The highest BCUT2D eigenvalue weighted by molar-refractivity contribution is 5.79. The summed E-state index contributed by atoms with van der Waals surface area (Å²) in [5.41, 5.74) is 2.76. The Morgan fingerprint density at radius 3 is 2.48 bits per heavy atom. The standard InChI is InChI=1S/C21H33N3O/c1-17(2)14-23-9-8-20(16-23)21(25)24-12-10-22(11-13-24)15-19-7-5-4-6-18(19)3/h4-7,17,20H,8-16H2,1-3H3/t20-/m0/s1. The van der Waals surface area contributed by atoms with Gasteiger partial charge < -0.3 is 9.80 Å². The number of aryl methyl sites for hydroxylation is 1. The van der Waals surface area contributed by atoms with Crippen LogP contribution in [0, 0.1) is 18.8 Å². The summed E-state index contributed by atoms with van der Waals surface area (Å²) in [6, 6.07) is 8.61. The second-order valence-corrected chi connectivity index (χ2v) is 8.17. The van der Waals surface area contributed by atoms with Gasteiger partial charge in [0, 0.05) is 45.8 Å². The van der Waals surface area contributed by atoms with Crippen molar-refractivity contribution in [2.75, 3.05) is 45.8 Å². The molecule has 1 atom stereocenters. The van der Waals surface area contributed by atoms with Crippen LogP contribution in [0.25, 0.3) is 0 Å². The Morgan fingerprint density at radius 1 is 1.08 bits per heavy atom. The second kappa shape index (κ2) is 8.33. The molecule has 138 valence electrons. The first kappa shape index (κ1) is 18.4. The molecule has 4 nitrogen and oxygen atoms in total. The summed E-state index contributed by atoms with van der Waals surface area (Å²) in [6.07, 6.45) is 1.04. The van der Waals surface area contributed by atoms with E-state index in [0.29, 0.717) is 11.8 Å². The third kappa shape index (κ3) is 4.83.